The number of ether oxygens (including phenoxy) is 2. The summed E-state index contributed by atoms with van der Waals surface area (Å²) in [5.74, 6) is -1.47. The molecule has 1 unspecified atom stereocenters. The number of ketones is 1. The number of Topliss-reactive ketones (excluding diaryl/α,β-unsaturated/α-hetero) is 1. The molecule has 0 aromatic heterocycles. The summed E-state index contributed by atoms with van der Waals surface area (Å²) in [7, 11) is 1.25. The number of methoxy groups -OCH3 is 1. The van der Waals surface area contributed by atoms with E-state index < -0.39 is 24.7 Å². The van der Waals surface area contributed by atoms with Gasteiger partial charge < -0.3 is 9.47 Å². The molecule has 0 amide bonds. The van der Waals surface area contributed by atoms with Crippen molar-refractivity contribution in [2.24, 2.45) is 17.8 Å². The molecule has 1 saturated carbocycles. The topological polar surface area (TPSA) is 69.7 Å². The second kappa shape index (κ2) is 14.9. The van der Waals surface area contributed by atoms with Crippen molar-refractivity contribution in [3.8, 4) is 0 Å². The van der Waals surface area contributed by atoms with E-state index in [0.717, 1.165) is 12.8 Å². The van der Waals surface area contributed by atoms with E-state index in [9.17, 15) is 18.8 Å². The third-order valence-corrected chi connectivity index (χ3v) is 5.59. The van der Waals surface area contributed by atoms with Crippen LogP contribution in [0.1, 0.15) is 71.6 Å². The van der Waals surface area contributed by atoms with E-state index in [-0.39, 0.29) is 23.5 Å². The van der Waals surface area contributed by atoms with Gasteiger partial charge in [0.15, 0.2) is 6.10 Å². The molecule has 170 valence electrons. The molecule has 0 N–H and O–H groups in total. The average Bonchev–Trinajstić information content (AvgIpc) is 3.03. The summed E-state index contributed by atoms with van der Waals surface area (Å²) < 4.78 is 23.0. The van der Waals surface area contributed by atoms with Crippen molar-refractivity contribution in [2.75, 3.05) is 13.8 Å². The highest BCUT2D eigenvalue weighted by Gasteiger charge is 2.39. The molecule has 0 aromatic carbocycles. The Morgan fingerprint density at radius 3 is 2.57 bits per heavy atom. The van der Waals surface area contributed by atoms with Crippen LogP contribution in [0.4, 0.5) is 4.39 Å². The van der Waals surface area contributed by atoms with E-state index in [0.29, 0.717) is 25.7 Å². The SMILES string of the molecule is CCCCCC/C=C/[C@H]1[C@H](CF)CC(=O)[C@@H]1C/C=C\CCC(OC(C)=O)C(=O)OC. The van der Waals surface area contributed by atoms with E-state index in [1.807, 2.05) is 18.2 Å². The monoisotopic (exact) mass is 424 g/mol. The molecule has 0 heterocycles. The Labute approximate surface area is 180 Å². The number of esters is 2. The number of carbonyl (C=O) groups is 3. The lowest BCUT2D eigenvalue weighted by Gasteiger charge is -2.17. The molecule has 1 rings (SSSR count). The normalized spacial score (nSPS) is 22.7. The van der Waals surface area contributed by atoms with E-state index in [4.69, 9.17) is 4.74 Å². The summed E-state index contributed by atoms with van der Waals surface area (Å²) in [5.41, 5.74) is 0. The number of hydrogen-bond donors (Lipinski definition) is 0. The van der Waals surface area contributed by atoms with Crippen molar-refractivity contribution in [3.63, 3.8) is 0 Å². The summed E-state index contributed by atoms with van der Waals surface area (Å²) >= 11 is 0. The van der Waals surface area contributed by atoms with E-state index in [1.165, 1.54) is 33.3 Å². The molecule has 30 heavy (non-hydrogen) atoms. The van der Waals surface area contributed by atoms with E-state index in [1.54, 1.807) is 0 Å². The summed E-state index contributed by atoms with van der Waals surface area (Å²) in [5, 5.41) is 0. The van der Waals surface area contributed by atoms with Crippen molar-refractivity contribution in [1.82, 2.24) is 0 Å². The molecular formula is C24H37FO5. The molecule has 6 heteroatoms. The first kappa shape index (κ1) is 26.1. The maximum atomic E-state index is 13.4. The van der Waals surface area contributed by atoms with Gasteiger partial charge in [-0.1, -0.05) is 50.5 Å². The Morgan fingerprint density at radius 1 is 1.17 bits per heavy atom. The Morgan fingerprint density at radius 2 is 1.93 bits per heavy atom. The molecule has 1 fully saturated rings. The first-order chi connectivity index (χ1) is 14.4. The lowest BCUT2D eigenvalue weighted by atomic mass is 9.87. The third-order valence-electron chi connectivity index (χ3n) is 5.59. The molecule has 1 aliphatic rings. The fourth-order valence-corrected chi connectivity index (χ4v) is 3.93. The maximum absolute atomic E-state index is 13.4. The van der Waals surface area contributed by atoms with Gasteiger partial charge >= 0.3 is 11.9 Å². The average molecular weight is 425 g/mol. The predicted octanol–water partition coefficient (Wildman–Crippen LogP) is 5.14. The molecule has 5 nitrogen and oxygen atoms in total. The van der Waals surface area contributed by atoms with Crippen LogP contribution in [0.2, 0.25) is 0 Å². The summed E-state index contributed by atoms with van der Waals surface area (Å²) in [4.78, 5) is 35.1. The standard InChI is InChI=1S/C24H37FO5/c1-4-5-6-7-8-10-13-20-19(17-25)16-22(27)21(20)14-11-9-12-15-23(24(28)29-3)30-18(2)26/h9-11,13,19-21,23H,4-8,12,14-17H2,1-3H3/b11-9-,13-10+/t19-,20-,21+,23?/m0/s1. The summed E-state index contributed by atoms with van der Waals surface area (Å²) in [6.45, 7) is 2.95. The van der Waals surface area contributed by atoms with Gasteiger partial charge in [0.05, 0.1) is 13.8 Å². The van der Waals surface area contributed by atoms with Crippen LogP contribution in [0.15, 0.2) is 24.3 Å². The Balaban J connectivity index is 2.56. The number of allylic oxidation sites excluding steroid dienone is 4. The third kappa shape index (κ3) is 9.23. The highest BCUT2D eigenvalue weighted by atomic mass is 19.1. The van der Waals surface area contributed by atoms with Crippen LogP contribution in [-0.2, 0) is 23.9 Å². The highest BCUT2D eigenvalue weighted by molar-refractivity contribution is 5.84. The molecule has 0 spiro atoms. The van der Waals surface area contributed by atoms with Gasteiger partial charge in [-0.15, -0.1) is 0 Å². The lowest BCUT2D eigenvalue weighted by molar-refractivity contribution is -0.165. The molecule has 0 radical (unpaired) electrons. The van der Waals surface area contributed by atoms with Gasteiger partial charge in [0, 0.05) is 25.2 Å². The fraction of sp³-hybridized carbons (Fsp3) is 0.708. The van der Waals surface area contributed by atoms with Crippen LogP contribution in [0, 0.1) is 17.8 Å². The molecule has 1 aliphatic carbocycles. The molecule has 0 aliphatic heterocycles. The number of rotatable bonds is 14. The van der Waals surface area contributed by atoms with E-state index in [2.05, 4.69) is 17.7 Å². The van der Waals surface area contributed by atoms with Crippen molar-refractivity contribution < 1.29 is 28.2 Å². The Bertz CT molecular complexity index is 598. The largest absolute Gasteiger partial charge is 0.466 e. The van der Waals surface area contributed by atoms with Gasteiger partial charge in [-0.3, -0.25) is 14.0 Å². The minimum absolute atomic E-state index is 0.0535. The molecular weight excluding hydrogens is 387 g/mol. The van der Waals surface area contributed by atoms with Crippen molar-refractivity contribution >= 4 is 17.7 Å². The second-order valence-corrected chi connectivity index (χ2v) is 7.95. The first-order valence-corrected chi connectivity index (χ1v) is 11.1. The van der Waals surface area contributed by atoms with Crippen molar-refractivity contribution in [3.05, 3.63) is 24.3 Å². The zero-order chi connectivity index (χ0) is 22.4. The molecule has 0 bridgehead atoms. The van der Waals surface area contributed by atoms with Crippen LogP contribution in [0.3, 0.4) is 0 Å². The van der Waals surface area contributed by atoms with Crippen molar-refractivity contribution in [1.29, 1.82) is 0 Å². The van der Waals surface area contributed by atoms with Gasteiger partial charge in [0.1, 0.15) is 5.78 Å². The zero-order valence-corrected chi connectivity index (χ0v) is 18.6. The second-order valence-electron chi connectivity index (χ2n) is 7.95. The van der Waals surface area contributed by atoms with Crippen LogP contribution in [0.25, 0.3) is 0 Å². The predicted molar refractivity (Wildman–Crippen MR) is 115 cm³/mol. The minimum Gasteiger partial charge on any atom is -0.466 e. The minimum atomic E-state index is -0.926. The van der Waals surface area contributed by atoms with Crippen LogP contribution < -0.4 is 0 Å². The summed E-state index contributed by atoms with van der Waals surface area (Å²) in [6, 6.07) is 0. The summed E-state index contributed by atoms with van der Waals surface area (Å²) in [6.07, 6.45) is 14.4. The lowest BCUT2D eigenvalue weighted by Crippen LogP contribution is -2.27. The quantitative estimate of drug-likeness (QED) is 0.219. The maximum Gasteiger partial charge on any atom is 0.347 e. The van der Waals surface area contributed by atoms with Crippen LogP contribution >= 0.6 is 0 Å². The Kier molecular flexibility index (Phi) is 13.0. The molecule has 0 saturated heterocycles. The van der Waals surface area contributed by atoms with Gasteiger partial charge in [-0.05, 0) is 38.0 Å². The van der Waals surface area contributed by atoms with Gasteiger partial charge in [0.2, 0.25) is 0 Å². The number of unbranched alkanes of at least 4 members (excludes halogenated alkanes) is 4. The number of carbonyl (C=O) groups excluding carboxylic acids is 3. The van der Waals surface area contributed by atoms with Gasteiger partial charge in [-0.25, -0.2) is 4.79 Å². The first-order valence-electron chi connectivity index (χ1n) is 11.1. The highest BCUT2D eigenvalue weighted by Crippen LogP contribution is 2.38. The molecule has 0 aromatic rings. The van der Waals surface area contributed by atoms with Crippen LogP contribution in [0.5, 0.6) is 0 Å². The smallest absolute Gasteiger partial charge is 0.347 e. The Hall–Kier alpha value is -1.98. The fourth-order valence-electron chi connectivity index (χ4n) is 3.93. The zero-order valence-electron chi connectivity index (χ0n) is 18.6. The molecule has 4 atom stereocenters. The van der Waals surface area contributed by atoms with Gasteiger partial charge in [0.25, 0.3) is 0 Å². The van der Waals surface area contributed by atoms with E-state index >= 15 is 0 Å². The number of alkyl halides is 1. The van der Waals surface area contributed by atoms with Gasteiger partial charge in [-0.2, -0.15) is 0 Å². The number of hydrogen-bond acceptors (Lipinski definition) is 5. The van der Waals surface area contributed by atoms with Crippen molar-refractivity contribution in [2.45, 2.75) is 77.7 Å². The van der Waals surface area contributed by atoms with Crippen LogP contribution in [-0.4, -0.2) is 37.6 Å². The number of halogens is 1.